The molecule has 6 nitrogen and oxygen atoms in total. The maximum atomic E-state index is 13.1. The van der Waals surface area contributed by atoms with Crippen molar-refractivity contribution >= 4 is 39.9 Å². The van der Waals surface area contributed by atoms with Crippen molar-refractivity contribution in [1.82, 2.24) is 15.5 Å². The Balaban J connectivity index is 1.43. The zero-order valence-electron chi connectivity index (χ0n) is 18.3. The van der Waals surface area contributed by atoms with E-state index in [0.29, 0.717) is 34.4 Å². The molecule has 4 aromatic rings. The van der Waals surface area contributed by atoms with Gasteiger partial charge in [-0.1, -0.05) is 95.7 Å². The highest BCUT2D eigenvalue weighted by atomic mass is 35.5. The number of hydrogen-bond donors (Lipinski definition) is 2. The molecular weight excluding hydrogens is 468 g/mol. The minimum Gasteiger partial charge on any atom is -0.344 e. The van der Waals surface area contributed by atoms with Crippen molar-refractivity contribution in [2.75, 3.05) is 5.32 Å². The number of anilines is 1. The fourth-order valence-electron chi connectivity index (χ4n) is 3.40. The lowest BCUT2D eigenvalue weighted by Gasteiger charge is -2.18. The summed E-state index contributed by atoms with van der Waals surface area (Å²) in [6.45, 7) is 0. The van der Waals surface area contributed by atoms with E-state index in [4.69, 9.17) is 11.6 Å². The predicted molar refractivity (Wildman–Crippen MR) is 136 cm³/mol. The summed E-state index contributed by atoms with van der Waals surface area (Å²) in [5.74, 6) is -0.519. The van der Waals surface area contributed by atoms with E-state index in [0.717, 1.165) is 16.7 Å². The zero-order chi connectivity index (χ0) is 23.8. The first-order valence-corrected chi connectivity index (χ1v) is 12.0. The Morgan fingerprint density at radius 3 is 2.18 bits per heavy atom. The standard InChI is InChI=1S/C26H23ClN4O2S/c27-21-14-12-20(13-15-21)25-30-31-26(34-25)29-24(33)22(17-19-9-5-2-6-10-19)28-23(32)16-11-18-7-3-1-4-8-18/h1-10,12-15,22H,11,16-17H2,(H,28,32)(H,29,31,33)/t22-/m0/s1. The molecule has 0 radical (unpaired) electrons. The van der Waals surface area contributed by atoms with Gasteiger partial charge in [0.2, 0.25) is 16.9 Å². The van der Waals surface area contributed by atoms with Crippen LogP contribution >= 0.6 is 22.9 Å². The number of rotatable bonds is 9. The number of aromatic nitrogens is 2. The third-order valence-corrected chi connectivity index (χ3v) is 6.30. The molecule has 3 aromatic carbocycles. The highest BCUT2D eigenvalue weighted by Crippen LogP contribution is 2.27. The van der Waals surface area contributed by atoms with Gasteiger partial charge in [0.05, 0.1) is 0 Å². The molecule has 0 saturated carbocycles. The average molecular weight is 491 g/mol. The molecule has 172 valence electrons. The van der Waals surface area contributed by atoms with Crippen LogP contribution in [0.2, 0.25) is 5.02 Å². The molecule has 0 aliphatic heterocycles. The van der Waals surface area contributed by atoms with Gasteiger partial charge in [-0.15, -0.1) is 10.2 Å². The molecule has 0 unspecified atom stereocenters. The van der Waals surface area contributed by atoms with Gasteiger partial charge >= 0.3 is 0 Å². The summed E-state index contributed by atoms with van der Waals surface area (Å²) in [6, 6.07) is 25.9. The van der Waals surface area contributed by atoms with Gasteiger partial charge in [-0.2, -0.15) is 0 Å². The van der Waals surface area contributed by atoms with Gasteiger partial charge in [-0.3, -0.25) is 14.9 Å². The van der Waals surface area contributed by atoms with Crippen LogP contribution in [0.25, 0.3) is 10.6 Å². The third-order valence-electron chi connectivity index (χ3n) is 5.16. The lowest BCUT2D eigenvalue weighted by Crippen LogP contribution is -2.45. The molecule has 8 heteroatoms. The Hall–Kier alpha value is -3.55. The second-order valence-electron chi connectivity index (χ2n) is 7.70. The number of halogens is 1. The van der Waals surface area contributed by atoms with Gasteiger partial charge in [0.25, 0.3) is 0 Å². The average Bonchev–Trinajstić information content (AvgIpc) is 3.32. The van der Waals surface area contributed by atoms with Crippen LogP contribution in [0.4, 0.5) is 5.13 Å². The summed E-state index contributed by atoms with van der Waals surface area (Å²) < 4.78 is 0. The highest BCUT2D eigenvalue weighted by Gasteiger charge is 2.23. The van der Waals surface area contributed by atoms with E-state index in [1.807, 2.05) is 72.8 Å². The van der Waals surface area contributed by atoms with Crippen molar-refractivity contribution in [1.29, 1.82) is 0 Å². The monoisotopic (exact) mass is 490 g/mol. The molecule has 34 heavy (non-hydrogen) atoms. The van der Waals surface area contributed by atoms with Crippen molar-refractivity contribution < 1.29 is 9.59 Å². The summed E-state index contributed by atoms with van der Waals surface area (Å²) >= 11 is 7.21. The third kappa shape index (κ3) is 6.73. The number of aryl methyl sites for hydroxylation is 1. The van der Waals surface area contributed by atoms with Crippen LogP contribution in [-0.2, 0) is 22.4 Å². The van der Waals surface area contributed by atoms with Crippen molar-refractivity contribution in [2.24, 2.45) is 0 Å². The molecular formula is C26H23ClN4O2S. The molecule has 1 aromatic heterocycles. The minimum atomic E-state index is -0.742. The van der Waals surface area contributed by atoms with Gasteiger partial charge in [-0.25, -0.2) is 0 Å². The maximum absolute atomic E-state index is 13.1. The number of carbonyl (C=O) groups is 2. The van der Waals surface area contributed by atoms with E-state index in [-0.39, 0.29) is 11.8 Å². The minimum absolute atomic E-state index is 0.181. The fourth-order valence-corrected chi connectivity index (χ4v) is 4.28. The molecule has 2 amide bonds. The predicted octanol–water partition coefficient (Wildman–Crippen LogP) is 5.16. The van der Waals surface area contributed by atoms with Crippen molar-refractivity contribution in [2.45, 2.75) is 25.3 Å². The highest BCUT2D eigenvalue weighted by molar-refractivity contribution is 7.18. The summed E-state index contributed by atoms with van der Waals surface area (Å²) in [7, 11) is 0. The Bertz CT molecular complexity index is 1230. The maximum Gasteiger partial charge on any atom is 0.249 e. The van der Waals surface area contributed by atoms with Crippen LogP contribution < -0.4 is 10.6 Å². The first-order chi connectivity index (χ1) is 16.6. The summed E-state index contributed by atoms with van der Waals surface area (Å²) in [5, 5.41) is 15.6. The molecule has 0 fully saturated rings. The molecule has 4 rings (SSSR count). The van der Waals surface area contributed by atoms with E-state index in [1.165, 1.54) is 11.3 Å². The molecule has 1 heterocycles. The lowest BCUT2D eigenvalue weighted by atomic mass is 10.0. The van der Waals surface area contributed by atoms with Crippen LogP contribution in [-0.4, -0.2) is 28.1 Å². The number of hydrogen-bond acceptors (Lipinski definition) is 5. The van der Waals surface area contributed by atoms with Gasteiger partial charge in [0.15, 0.2) is 0 Å². The van der Waals surface area contributed by atoms with Crippen molar-refractivity contribution in [3.8, 4) is 10.6 Å². The largest absolute Gasteiger partial charge is 0.344 e. The summed E-state index contributed by atoms with van der Waals surface area (Å²) in [5.41, 5.74) is 2.88. The molecule has 0 aliphatic carbocycles. The number of benzene rings is 3. The topological polar surface area (TPSA) is 84.0 Å². The summed E-state index contributed by atoms with van der Waals surface area (Å²) in [4.78, 5) is 25.8. The zero-order valence-corrected chi connectivity index (χ0v) is 19.9. The van der Waals surface area contributed by atoms with Crippen LogP contribution in [0.1, 0.15) is 17.5 Å². The SMILES string of the molecule is O=C(CCc1ccccc1)N[C@@H](Cc1ccccc1)C(=O)Nc1nnc(-c2ccc(Cl)cc2)s1. The fraction of sp³-hybridized carbons (Fsp3) is 0.154. The molecule has 0 bridgehead atoms. The van der Waals surface area contributed by atoms with Gasteiger partial charge < -0.3 is 5.32 Å². The summed E-state index contributed by atoms with van der Waals surface area (Å²) in [6.07, 6.45) is 1.27. The quantitative estimate of drug-likeness (QED) is 0.339. The second kappa shape index (κ2) is 11.5. The second-order valence-corrected chi connectivity index (χ2v) is 9.12. The van der Waals surface area contributed by atoms with Gasteiger partial charge in [0.1, 0.15) is 11.0 Å². The van der Waals surface area contributed by atoms with E-state index in [2.05, 4.69) is 20.8 Å². The molecule has 0 saturated heterocycles. The van der Waals surface area contributed by atoms with Crippen LogP contribution in [0, 0.1) is 0 Å². The molecule has 1 atom stereocenters. The van der Waals surface area contributed by atoms with Crippen LogP contribution in [0.5, 0.6) is 0 Å². The van der Waals surface area contributed by atoms with E-state index >= 15 is 0 Å². The van der Waals surface area contributed by atoms with Gasteiger partial charge in [0, 0.05) is 23.4 Å². The normalized spacial score (nSPS) is 11.6. The smallest absolute Gasteiger partial charge is 0.249 e. The van der Waals surface area contributed by atoms with Crippen molar-refractivity contribution in [3.63, 3.8) is 0 Å². The van der Waals surface area contributed by atoms with Crippen molar-refractivity contribution in [3.05, 3.63) is 101 Å². The Labute approximate surface area is 207 Å². The van der Waals surface area contributed by atoms with E-state index < -0.39 is 6.04 Å². The number of nitrogens with zero attached hydrogens (tertiary/aromatic N) is 2. The van der Waals surface area contributed by atoms with Gasteiger partial charge in [-0.05, 0) is 29.7 Å². The Morgan fingerprint density at radius 1 is 0.853 bits per heavy atom. The van der Waals surface area contributed by atoms with E-state index in [1.54, 1.807) is 12.1 Å². The van der Waals surface area contributed by atoms with E-state index in [9.17, 15) is 9.59 Å². The first-order valence-electron chi connectivity index (χ1n) is 10.8. The first kappa shape index (κ1) is 23.6. The molecule has 0 aliphatic rings. The number of carbonyl (C=O) groups excluding carboxylic acids is 2. The number of amides is 2. The lowest BCUT2D eigenvalue weighted by molar-refractivity contribution is -0.126. The Kier molecular flexibility index (Phi) is 8.01. The Morgan fingerprint density at radius 2 is 1.50 bits per heavy atom. The molecule has 2 N–H and O–H groups in total. The molecule has 0 spiro atoms. The van der Waals surface area contributed by atoms with Crippen LogP contribution in [0.15, 0.2) is 84.9 Å². The van der Waals surface area contributed by atoms with Crippen LogP contribution in [0.3, 0.4) is 0 Å². The number of nitrogens with one attached hydrogen (secondary N) is 2.